The van der Waals surface area contributed by atoms with Crippen LogP contribution in [0.25, 0.3) is 61.3 Å². The van der Waals surface area contributed by atoms with Crippen molar-refractivity contribution in [3.8, 4) is 33.6 Å². The number of rotatable bonds is 1. The molecule has 2 aliphatic heterocycles. The minimum absolute atomic E-state index is 0.217. The maximum atomic E-state index is 6.73. The first-order valence-electron chi connectivity index (χ1n) is 16.3. The van der Waals surface area contributed by atoms with Crippen molar-refractivity contribution in [2.45, 2.75) is 44.6 Å². The van der Waals surface area contributed by atoms with Crippen molar-refractivity contribution in [3.63, 3.8) is 0 Å². The minimum atomic E-state index is -0.217. The zero-order valence-corrected chi connectivity index (χ0v) is 26.3. The molecule has 2 aliphatic rings. The van der Waals surface area contributed by atoms with E-state index in [2.05, 4.69) is 151 Å². The SMILES string of the molecule is C=C1CC2(C)C(CCc3cc(C)c4c(oc5ccccc54)c3-c3cccc[n+]31)c1ccc(-c3ccccc3)cc1-c1cccc[n+]12. The molecule has 46 heavy (non-hydrogen) atoms. The Hall–Kier alpha value is -5.28. The largest absolute Gasteiger partial charge is 0.455 e. The second kappa shape index (κ2) is 10.1. The first-order valence-corrected chi connectivity index (χ1v) is 16.3. The van der Waals surface area contributed by atoms with Crippen LogP contribution in [0.3, 0.4) is 0 Å². The van der Waals surface area contributed by atoms with Crippen LogP contribution in [-0.4, -0.2) is 0 Å². The molecule has 2 atom stereocenters. The van der Waals surface area contributed by atoms with Crippen molar-refractivity contribution in [2.24, 2.45) is 0 Å². The number of para-hydroxylation sites is 1. The van der Waals surface area contributed by atoms with E-state index in [9.17, 15) is 0 Å². The molecule has 9 rings (SSSR count). The number of pyridine rings is 2. The molecular weight excluding hydrogens is 560 g/mol. The molecule has 0 fully saturated rings. The van der Waals surface area contributed by atoms with Gasteiger partial charge in [-0.3, -0.25) is 0 Å². The van der Waals surface area contributed by atoms with Crippen molar-refractivity contribution in [1.82, 2.24) is 0 Å². The van der Waals surface area contributed by atoms with Gasteiger partial charge in [-0.05, 0) is 78.4 Å². The predicted molar refractivity (Wildman–Crippen MR) is 186 cm³/mol. The lowest BCUT2D eigenvalue weighted by Gasteiger charge is -2.39. The summed E-state index contributed by atoms with van der Waals surface area (Å²) in [5.41, 5.74) is 14.2. The van der Waals surface area contributed by atoms with E-state index < -0.39 is 0 Å². The molecule has 3 heteroatoms. The zero-order chi connectivity index (χ0) is 31.0. The summed E-state index contributed by atoms with van der Waals surface area (Å²) in [6, 6.07) is 41.8. The summed E-state index contributed by atoms with van der Waals surface area (Å²) in [5, 5.41) is 2.38. The van der Waals surface area contributed by atoms with Crippen LogP contribution in [0.1, 0.15) is 42.4 Å². The van der Waals surface area contributed by atoms with Gasteiger partial charge in [0.2, 0.25) is 11.4 Å². The normalized spacial score (nSPS) is 18.7. The molecule has 3 aromatic heterocycles. The van der Waals surface area contributed by atoms with Crippen LogP contribution in [0, 0.1) is 6.92 Å². The molecule has 0 N–H and O–H groups in total. The van der Waals surface area contributed by atoms with Gasteiger partial charge in [-0.25, -0.2) is 0 Å². The average Bonchev–Trinajstić information content (AvgIpc) is 3.48. The highest BCUT2D eigenvalue weighted by atomic mass is 16.3. The maximum Gasteiger partial charge on any atom is 0.222 e. The molecule has 0 aliphatic carbocycles. The van der Waals surface area contributed by atoms with Gasteiger partial charge in [0.05, 0.1) is 23.5 Å². The molecule has 7 aromatic rings. The topological polar surface area (TPSA) is 20.9 Å². The van der Waals surface area contributed by atoms with E-state index >= 15 is 0 Å². The summed E-state index contributed by atoms with van der Waals surface area (Å²) in [4.78, 5) is 0. The Bertz CT molecular complexity index is 2350. The van der Waals surface area contributed by atoms with E-state index in [0.717, 1.165) is 41.8 Å². The molecule has 0 bridgehead atoms. The number of hydrogen-bond acceptors (Lipinski definition) is 1. The molecule has 4 aromatic carbocycles. The van der Waals surface area contributed by atoms with Gasteiger partial charge in [0.15, 0.2) is 23.6 Å². The number of nitrogens with zero attached hydrogens (tertiary/aromatic N) is 2. The first kappa shape index (κ1) is 27.1. The van der Waals surface area contributed by atoms with E-state index in [1.165, 1.54) is 55.4 Å². The fraction of sp³-hybridized carbons (Fsp3) is 0.163. The molecule has 0 saturated carbocycles. The standard InChI is InChI=1S/C43H36N2O/c1-28-25-32-20-22-36-33-21-19-31(30-13-5-4-6-14-30)26-35(33)37-16-10-12-24-45(37)43(36,3)27-29(2)44-23-11-9-17-38(44)41(32)42-40(28)34-15-7-8-18-39(34)46-42/h4-19,21,23-26,36H,2,20,22,27H2,1,3H3/q+2. The Labute approximate surface area is 269 Å². The lowest BCUT2D eigenvalue weighted by atomic mass is 9.69. The Kier molecular flexibility index (Phi) is 5.95. The number of aromatic nitrogens is 2. The fourth-order valence-electron chi connectivity index (χ4n) is 8.54. The molecule has 0 spiro atoms. The Morgan fingerprint density at radius 1 is 0.783 bits per heavy atom. The summed E-state index contributed by atoms with van der Waals surface area (Å²) in [6.07, 6.45) is 7.22. The summed E-state index contributed by atoms with van der Waals surface area (Å²) in [5.74, 6) is 0.273. The van der Waals surface area contributed by atoms with Crippen LogP contribution in [0.5, 0.6) is 0 Å². The van der Waals surface area contributed by atoms with Gasteiger partial charge in [0.25, 0.3) is 0 Å². The second-order valence-electron chi connectivity index (χ2n) is 13.3. The van der Waals surface area contributed by atoms with Gasteiger partial charge in [-0.1, -0.05) is 66.7 Å². The zero-order valence-electron chi connectivity index (χ0n) is 26.3. The summed E-state index contributed by atoms with van der Waals surface area (Å²) in [6.45, 7) is 9.46. The quantitative estimate of drug-likeness (QED) is 0.173. The van der Waals surface area contributed by atoms with Crippen LogP contribution in [0.15, 0.2) is 139 Å². The van der Waals surface area contributed by atoms with Crippen molar-refractivity contribution < 1.29 is 13.6 Å². The lowest BCUT2D eigenvalue weighted by Crippen LogP contribution is -2.62. The smallest absolute Gasteiger partial charge is 0.222 e. The highest BCUT2D eigenvalue weighted by Gasteiger charge is 2.52. The maximum absolute atomic E-state index is 6.73. The highest BCUT2D eigenvalue weighted by Crippen LogP contribution is 2.49. The third-order valence-electron chi connectivity index (χ3n) is 10.6. The van der Waals surface area contributed by atoms with E-state index in [4.69, 9.17) is 11.0 Å². The second-order valence-corrected chi connectivity index (χ2v) is 13.3. The Balaban J connectivity index is 1.29. The van der Waals surface area contributed by atoms with Gasteiger partial charge in [0.1, 0.15) is 11.2 Å². The van der Waals surface area contributed by atoms with Crippen molar-refractivity contribution in [3.05, 3.63) is 151 Å². The van der Waals surface area contributed by atoms with E-state index in [0.29, 0.717) is 0 Å². The summed E-state index contributed by atoms with van der Waals surface area (Å²) < 4.78 is 11.6. The minimum Gasteiger partial charge on any atom is -0.455 e. The van der Waals surface area contributed by atoms with Gasteiger partial charge in [-0.15, -0.1) is 0 Å². The number of hydrogen-bond donors (Lipinski definition) is 0. The van der Waals surface area contributed by atoms with Gasteiger partial charge in [-0.2, -0.15) is 9.13 Å². The van der Waals surface area contributed by atoms with Crippen molar-refractivity contribution >= 4 is 27.6 Å². The first-order chi connectivity index (χ1) is 22.5. The highest BCUT2D eigenvalue weighted by molar-refractivity contribution is 6.11. The van der Waals surface area contributed by atoms with Gasteiger partial charge >= 0.3 is 0 Å². The Morgan fingerprint density at radius 2 is 1.54 bits per heavy atom. The summed E-state index contributed by atoms with van der Waals surface area (Å²) in [7, 11) is 0. The van der Waals surface area contributed by atoms with Crippen LogP contribution >= 0.6 is 0 Å². The monoisotopic (exact) mass is 596 g/mol. The lowest BCUT2D eigenvalue weighted by molar-refractivity contribution is -0.759. The number of aryl methyl sites for hydroxylation is 2. The van der Waals surface area contributed by atoms with Crippen LogP contribution < -0.4 is 9.13 Å². The predicted octanol–water partition coefficient (Wildman–Crippen LogP) is 9.79. The molecule has 0 saturated heterocycles. The van der Waals surface area contributed by atoms with Gasteiger partial charge in [0, 0.05) is 42.0 Å². The number of furan rings is 1. The molecule has 222 valence electrons. The summed E-state index contributed by atoms with van der Waals surface area (Å²) >= 11 is 0. The van der Waals surface area contributed by atoms with E-state index in [-0.39, 0.29) is 11.5 Å². The van der Waals surface area contributed by atoms with Crippen molar-refractivity contribution in [2.75, 3.05) is 0 Å². The molecule has 0 radical (unpaired) electrons. The van der Waals surface area contributed by atoms with Gasteiger partial charge < -0.3 is 4.42 Å². The van der Waals surface area contributed by atoms with Crippen LogP contribution in [0.2, 0.25) is 0 Å². The van der Waals surface area contributed by atoms with Crippen LogP contribution in [-0.2, 0) is 12.0 Å². The van der Waals surface area contributed by atoms with Crippen LogP contribution in [0.4, 0.5) is 0 Å². The van der Waals surface area contributed by atoms with E-state index in [1.54, 1.807) is 0 Å². The average molecular weight is 597 g/mol. The van der Waals surface area contributed by atoms with E-state index in [1.807, 2.05) is 0 Å². The molecule has 5 heterocycles. The Morgan fingerprint density at radius 3 is 2.41 bits per heavy atom. The number of benzene rings is 4. The molecule has 3 nitrogen and oxygen atoms in total. The third kappa shape index (κ3) is 3.91. The molecule has 2 unspecified atom stereocenters. The fourth-order valence-corrected chi connectivity index (χ4v) is 8.54. The molecule has 0 amide bonds. The number of allylic oxidation sites excluding steroid dienone is 1. The molecular formula is C43H36N2O+2. The third-order valence-corrected chi connectivity index (χ3v) is 10.6. The van der Waals surface area contributed by atoms with Crippen molar-refractivity contribution in [1.29, 1.82) is 0 Å². The number of fused-ring (bicyclic) bond motifs is 13.